The highest BCUT2D eigenvalue weighted by Gasteiger charge is 2.21. The molecule has 0 fully saturated rings. The Labute approximate surface area is 164 Å². The minimum atomic E-state index is 0.0106. The Bertz CT molecular complexity index is 687. The first-order valence-electron chi connectivity index (χ1n) is 9.91. The Morgan fingerprint density at radius 2 is 1.63 bits per heavy atom. The number of benzene rings is 2. The minimum Gasteiger partial charge on any atom is -0.489 e. The number of nitrogens with zero attached hydrogens (tertiary/aromatic N) is 1. The van der Waals surface area contributed by atoms with E-state index in [-0.39, 0.29) is 11.3 Å². The lowest BCUT2D eigenvalue weighted by atomic mass is 9.91. The topological polar surface area (TPSA) is 29.5 Å². The van der Waals surface area contributed by atoms with Crippen molar-refractivity contribution in [2.75, 3.05) is 6.54 Å². The fraction of sp³-hybridized carbons (Fsp3) is 0.458. The van der Waals surface area contributed by atoms with Gasteiger partial charge >= 0.3 is 0 Å². The summed E-state index contributed by atoms with van der Waals surface area (Å²) in [6, 6.07) is 18.2. The number of hydrogen-bond acceptors (Lipinski definition) is 2. The predicted molar refractivity (Wildman–Crippen MR) is 112 cm³/mol. The highest BCUT2D eigenvalue weighted by atomic mass is 16.5. The van der Waals surface area contributed by atoms with Gasteiger partial charge in [0, 0.05) is 19.5 Å². The molecular weight excluding hydrogens is 334 g/mol. The van der Waals surface area contributed by atoms with Gasteiger partial charge in [-0.15, -0.1) is 0 Å². The molecule has 1 amide bonds. The summed E-state index contributed by atoms with van der Waals surface area (Å²) in [5.41, 5.74) is 2.30. The summed E-state index contributed by atoms with van der Waals surface area (Å²) in [7, 11) is 0. The van der Waals surface area contributed by atoms with Crippen LogP contribution in [-0.4, -0.2) is 17.4 Å². The van der Waals surface area contributed by atoms with E-state index in [1.807, 2.05) is 35.2 Å². The lowest BCUT2D eigenvalue weighted by Crippen LogP contribution is -2.34. The minimum absolute atomic E-state index is 0.0106. The predicted octanol–water partition coefficient (Wildman–Crippen LogP) is 5.83. The Kier molecular flexibility index (Phi) is 7.90. The number of ether oxygens (including phenoxy) is 1. The number of carbonyl (C=O) groups is 1. The lowest BCUT2D eigenvalue weighted by molar-refractivity contribution is -0.133. The molecule has 27 heavy (non-hydrogen) atoms. The maximum absolute atomic E-state index is 12.7. The maximum atomic E-state index is 12.7. The molecule has 146 valence electrons. The van der Waals surface area contributed by atoms with E-state index in [2.05, 4.69) is 52.0 Å². The molecule has 2 aromatic carbocycles. The van der Waals surface area contributed by atoms with Crippen molar-refractivity contribution >= 4 is 5.91 Å². The van der Waals surface area contributed by atoms with Gasteiger partial charge in [0.25, 0.3) is 0 Å². The van der Waals surface area contributed by atoms with Gasteiger partial charge in [0.05, 0.1) is 0 Å². The fourth-order valence-electron chi connectivity index (χ4n) is 2.86. The van der Waals surface area contributed by atoms with Gasteiger partial charge in [-0.05, 0) is 35.1 Å². The summed E-state index contributed by atoms with van der Waals surface area (Å²) in [5.74, 6) is 1.09. The van der Waals surface area contributed by atoms with Crippen LogP contribution in [0.15, 0.2) is 54.6 Å². The lowest BCUT2D eigenvalue weighted by Gasteiger charge is -2.27. The molecule has 0 N–H and O–H groups in total. The molecular formula is C24H33NO2. The van der Waals surface area contributed by atoms with E-state index < -0.39 is 0 Å². The number of hydrogen-bond donors (Lipinski definition) is 0. The average Bonchev–Trinajstić information content (AvgIpc) is 2.64. The van der Waals surface area contributed by atoms with Gasteiger partial charge in [0.15, 0.2) is 0 Å². The first-order valence-corrected chi connectivity index (χ1v) is 9.91. The van der Waals surface area contributed by atoms with Crippen LogP contribution < -0.4 is 4.74 Å². The monoisotopic (exact) mass is 367 g/mol. The van der Waals surface area contributed by atoms with Gasteiger partial charge in [-0.3, -0.25) is 4.79 Å². The number of carbonyl (C=O) groups excluding carboxylic acids is 1. The Hall–Kier alpha value is -2.29. The van der Waals surface area contributed by atoms with Gasteiger partial charge in [-0.25, -0.2) is 0 Å². The SMILES string of the molecule is CCCCN(Cc1ccc(OCc2ccccc2)cc1)C(=O)CC(C)(C)C. The Balaban J connectivity index is 1.95. The van der Waals surface area contributed by atoms with Crippen molar-refractivity contribution in [3.63, 3.8) is 0 Å². The van der Waals surface area contributed by atoms with Crippen molar-refractivity contribution in [3.8, 4) is 5.75 Å². The van der Waals surface area contributed by atoms with E-state index >= 15 is 0 Å². The van der Waals surface area contributed by atoms with E-state index in [4.69, 9.17) is 4.74 Å². The van der Waals surface area contributed by atoms with Gasteiger partial charge in [0.2, 0.25) is 5.91 Å². The van der Waals surface area contributed by atoms with Crippen molar-refractivity contribution < 1.29 is 9.53 Å². The highest BCUT2D eigenvalue weighted by molar-refractivity contribution is 5.76. The molecule has 3 nitrogen and oxygen atoms in total. The zero-order chi connectivity index (χ0) is 19.7. The molecule has 0 aliphatic carbocycles. The van der Waals surface area contributed by atoms with E-state index in [0.717, 1.165) is 36.3 Å². The van der Waals surface area contributed by atoms with Crippen LogP contribution in [0.4, 0.5) is 0 Å². The third-order valence-electron chi connectivity index (χ3n) is 4.36. The van der Waals surface area contributed by atoms with E-state index in [1.165, 1.54) is 0 Å². The van der Waals surface area contributed by atoms with Crippen molar-refractivity contribution in [1.29, 1.82) is 0 Å². The summed E-state index contributed by atoms with van der Waals surface area (Å²) in [5, 5.41) is 0. The van der Waals surface area contributed by atoms with E-state index in [9.17, 15) is 4.79 Å². The molecule has 0 aliphatic heterocycles. The summed E-state index contributed by atoms with van der Waals surface area (Å²) in [6.45, 7) is 10.5. The second kappa shape index (κ2) is 10.1. The van der Waals surface area contributed by atoms with Crippen LogP contribution in [0.5, 0.6) is 5.75 Å². The standard InChI is InChI=1S/C24H33NO2/c1-5-6-16-25(23(26)17-24(2,3)4)18-20-12-14-22(15-13-20)27-19-21-10-8-7-9-11-21/h7-15H,5-6,16-19H2,1-4H3. The average molecular weight is 368 g/mol. The molecule has 0 aromatic heterocycles. The molecule has 0 aliphatic rings. The van der Waals surface area contributed by atoms with Gasteiger partial charge in [-0.2, -0.15) is 0 Å². The zero-order valence-electron chi connectivity index (χ0n) is 17.2. The molecule has 0 bridgehead atoms. The fourth-order valence-corrected chi connectivity index (χ4v) is 2.86. The Morgan fingerprint density at radius 3 is 2.22 bits per heavy atom. The van der Waals surface area contributed by atoms with Crippen molar-refractivity contribution in [2.45, 2.75) is 60.1 Å². The first kappa shape index (κ1) is 21.0. The summed E-state index contributed by atoms with van der Waals surface area (Å²) < 4.78 is 5.85. The number of unbranched alkanes of at least 4 members (excludes halogenated alkanes) is 1. The van der Waals surface area contributed by atoms with E-state index in [0.29, 0.717) is 19.6 Å². The zero-order valence-corrected chi connectivity index (χ0v) is 17.2. The second-order valence-electron chi connectivity index (χ2n) is 8.32. The maximum Gasteiger partial charge on any atom is 0.223 e. The number of amides is 1. The van der Waals surface area contributed by atoms with Crippen LogP contribution in [-0.2, 0) is 17.9 Å². The number of rotatable bonds is 9. The smallest absolute Gasteiger partial charge is 0.223 e. The van der Waals surface area contributed by atoms with Gasteiger partial charge in [-0.1, -0.05) is 76.6 Å². The molecule has 0 atom stereocenters. The summed E-state index contributed by atoms with van der Waals surface area (Å²) in [4.78, 5) is 14.7. The van der Waals surface area contributed by atoms with Crippen molar-refractivity contribution in [2.24, 2.45) is 5.41 Å². The molecule has 0 spiro atoms. The molecule has 2 rings (SSSR count). The molecule has 0 unspecified atom stereocenters. The Morgan fingerprint density at radius 1 is 0.963 bits per heavy atom. The third kappa shape index (κ3) is 7.86. The van der Waals surface area contributed by atoms with Crippen LogP contribution in [0, 0.1) is 5.41 Å². The van der Waals surface area contributed by atoms with Crippen LogP contribution in [0.2, 0.25) is 0 Å². The van der Waals surface area contributed by atoms with E-state index in [1.54, 1.807) is 0 Å². The molecule has 0 heterocycles. The molecule has 0 radical (unpaired) electrons. The van der Waals surface area contributed by atoms with Crippen LogP contribution in [0.25, 0.3) is 0 Å². The van der Waals surface area contributed by atoms with Gasteiger partial charge < -0.3 is 9.64 Å². The second-order valence-corrected chi connectivity index (χ2v) is 8.32. The molecule has 0 saturated heterocycles. The van der Waals surface area contributed by atoms with Crippen LogP contribution >= 0.6 is 0 Å². The molecule has 3 heteroatoms. The summed E-state index contributed by atoms with van der Waals surface area (Å²) in [6.07, 6.45) is 2.70. The quantitative estimate of drug-likeness (QED) is 0.558. The largest absolute Gasteiger partial charge is 0.489 e. The normalized spacial score (nSPS) is 11.3. The van der Waals surface area contributed by atoms with Crippen LogP contribution in [0.1, 0.15) is 58.1 Å². The van der Waals surface area contributed by atoms with Crippen molar-refractivity contribution in [1.82, 2.24) is 4.90 Å². The molecule has 2 aromatic rings. The first-order chi connectivity index (χ1) is 12.9. The van der Waals surface area contributed by atoms with Gasteiger partial charge in [0.1, 0.15) is 12.4 Å². The summed E-state index contributed by atoms with van der Waals surface area (Å²) >= 11 is 0. The van der Waals surface area contributed by atoms with Crippen molar-refractivity contribution in [3.05, 3.63) is 65.7 Å². The molecule has 0 saturated carbocycles. The highest BCUT2D eigenvalue weighted by Crippen LogP contribution is 2.22. The third-order valence-corrected chi connectivity index (χ3v) is 4.36. The van der Waals surface area contributed by atoms with Crippen LogP contribution in [0.3, 0.4) is 0 Å².